The van der Waals surface area contributed by atoms with Crippen molar-refractivity contribution < 1.29 is 5.11 Å². The molecule has 0 aliphatic heterocycles. The number of aliphatic hydroxyl groups is 1. The summed E-state index contributed by atoms with van der Waals surface area (Å²) in [6.07, 6.45) is 0. The third-order valence-corrected chi connectivity index (χ3v) is 6.28. The van der Waals surface area contributed by atoms with Gasteiger partial charge in [-0.3, -0.25) is 0 Å². The molecule has 0 atom stereocenters. The maximum atomic E-state index is 10.7. The molecule has 3 aromatic rings. The molecule has 0 fully saturated rings. The second kappa shape index (κ2) is 6.59. The Hall–Kier alpha value is -1.49. The van der Waals surface area contributed by atoms with E-state index in [1.54, 1.807) is 11.3 Å². The third-order valence-electron chi connectivity index (χ3n) is 4.85. The number of rotatable bonds is 3. The Balaban J connectivity index is 2.19. The van der Waals surface area contributed by atoms with E-state index < -0.39 is 5.60 Å². The molecule has 0 aliphatic carbocycles. The van der Waals surface area contributed by atoms with Crippen molar-refractivity contribution in [2.75, 3.05) is 0 Å². The zero-order valence-electron chi connectivity index (χ0n) is 16.4. The van der Waals surface area contributed by atoms with E-state index in [1.807, 2.05) is 19.9 Å². The monoisotopic (exact) mass is 385 g/mol. The lowest BCUT2D eigenvalue weighted by Crippen LogP contribution is -2.22. The highest BCUT2D eigenvalue weighted by Gasteiger charge is 2.25. The molecule has 0 radical (unpaired) electrons. The number of hydrogen-bond acceptors (Lipinski definition) is 3. The first-order valence-corrected chi connectivity index (χ1v) is 10.2. The number of aromatic nitrogens is 1. The number of nitrogens with zero attached hydrogens (tertiary/aromatic N) is 1. The van der Waals surface area contributed by atoms with E-state index in [0.717, 1.165) is 16.1 Å². The van der Waals surface area contributed by atoms with E-state index in [2.05, 4.69) is 62.6 Å². The van der Waals surface area contributed by atoms with Gasteiger partial charge >= 0.3 is 0 Å². The zero-order valence-corrected chi connectivity index (χ0v) is 18.0. The molecule has 0 bridgehead atoms. The summed E-state index contributed by atoms with van der Waals surface area (Å²) in [5.74, 6) is 0. The Morgan fingerprint density at radius 1 is 1.04 bits per heavy atom. The first kappa shape index (κ1) is 19.3. The summed E-state index contributed by atoms with van der Waals surface area (Å²) in [5, 5.41) is 10.7. The predicted molar refractivity (Wildman–Crippen MR) is 115 cm³/mol. The highest BCUT2D eigenvalue weighted by Crippen LogP contribution is 2.34. The molecule has 4 heteroatoms. The first-order chi connectivity index (χ1) is 12.0. The highest BCUT2D eigenvalue weighted by atomic mass is 32.1. The second-order valence-corrected chi connectivity index (χ2v) is 10.2. The van der Waals surface area contributed by atoms with Gasteiger partial charge in [-0.1, -0.05) is 45.0 Å². The molecule has 2 nitrogen and oxygen atoms in total. The van der Waals surface area contributed by atoms with Gasteiger partial charge in [0.2, 0.25) is 0 Å². The summed E-state index contributed by atoms with van der Waals surface area (Å²) in [4.78, 5) is 0. The second-order valence-electron chi connectivity index (χ2n) is 8.55. The van der Waals surface area contributed by atoms with Gasteiger partial charge in [-0.2, -0.15) is 0 Å². The van der Waals surface area contributed by atoms with Crippen LogP contribution in [-0.2, 0) is 17.6 Å². The molecule has 0 spiro atoms. The summed E-state index contributed by atoms with van der Waals surface area (Å²) in [6.45, 7) is 13.2. The highest BCUT2D eigenvalue weighted by molar-refractivity contribution is 7.73. The van der Waals surface area contributed by atoms with Gasteiger partial charge < -0.3 is 9.67 Å². The van der Waals surface area contributed by atoms with Crippen LogP contribution in [0.2, 0.25) is 0 Å². The van der Waals surface area contributed by atoms with Crippen LogP contribution in [0.15, 0.2) is 36.4 Å². The summed E-state index contributed by atoms with van der Waals surface area (Å²) < 4.78 is 4.29. The third kappa shape index (κ3) is 3.64. The van der Waals surface area contributed by atoms with Gasteiger partial charge in [0.15, 0.2) is 3.95 Å². The lowest BCUT2D eigenvalue weighted by molar-refractivity contribution is 0.0776. The number of benzene rings is 2. The van der Waals surface area contributed by atoms with Crippen LogP contribution in [0.5, 0.6) is 0 Å². The summed E-state index contributed by atoms with van der Waals surface area (Å²) >= 11 is 7.27. The standard InChI is InChI=1S/C22H27NOS2/c1-14-16(21(2,3)4)11-15(12-17(14)22(5,6)24)13-23-18-9-7-8-10-19(18)26-20(23)25/h7-12,24H,13H2,1-6H3. The van der Waals surface area contributed by atoms with E-state index in [9.17, 15) is 5.11 Å². The number of para-hydroxylation sites is 1. The molecule has 0 saturated heterocycles. The molecule has 26 heavy (non-hydrogen) atoms. The van der Waals surface area contributed by atoms with Crippen LogP contribution in [-0.4, -0.2) is 9.67 Å². The Morgan fingerprint density at radius 3 is 2.27 bits per heavy atom. The predicted octanol–water partition coefficient (Wildman–Crippen LogP) is 6.31. The Bertz CT molecular complexity index is 978. The van der Waals surface area contributed by atoms with Gasteiger partial charge in [0, 0.05) is 6.54 Å². The molecule has 0 unspecified atom stereocenters. The normalized spacial score (nSPS) is 12.7. The summed E-state index contributed by atoms with van der Waals surface area (Å²) in [7, 11) is 0. The van der Waals surface area contributed by atoms with Crippen molar-refractivity contribution in [3.05, 3.63) is 62.6 Å². The van der Waals surface area contributed by atoms with Gasteiger partial charge in [-0.25, -0.2) is 0 Å². The van der Waals surface area contributed by atoms with Gasteiger partial charge in [-0.05, 0) is 72.8 Å². The smallest absolute Gasteiger partial charge is 0.162 e. The minimum absolute atomic E-state index is 0.0122. The van der Waals surface area contributed by atoms with Crippen molar-refractivity contribution in [1.82, 2.24) is 4.57 Å². The molecule has 1 heterocycles. The van der Waals surface area contributed by atoms with Crippen LogP contribution in [0.4, 0.5) is 0 Å². The molecule has 3 rings (SSSR count). The van der Waals surface area contributed by atoms with Crippen molar-refractivity contribution >= 4 is 33.8 Å². The Morgan fingerprint density at radius 2 is 1.65 bits per heavy atom. The molecular weight excluding hydrogens is 358 g/mol. The van der Waals surface area contributed by atoms with E-state index in [0.29, 0.717) is 0 Å². The van der Waals surface area contributed by atoms with Gasteiger partial charge in [0.05, 0.1) is 15.8 Å². The molecule has 0 amide bonds. The fourth-order valence-corrected chi connectivity index (χ4v) is 4.95. The molecule has 1 N–H and O–H groups in total. The number of thiazole rings is 1. The van der Waals surface area contributed by atoms with Crippen LogP contribution >= 0.6 is 23.6 Å². The maximum Gasteiger partial charge on any atom is 0.162 e. The fraction of sp³-hybridized carbons (Fsp3) is 0.409. The Labute approximate surface area is 165 Å². The van der Waals surface area contributed by atoms with Gasteiger partial charge in [-0.15, -0.1) is 11.3 Å². The van der Waals surface area contributed by atoms with E-state index in [1.165, 1.54) is 26.9 Å². The van der Waals surface area contributed by atoms with Crippen LogP contribution in [0.3, 0.4) is 0 Å². The van der Waals surface area contributed by atoms with Gasteiger partial charge in [0.1, 0.15) is 0 Å². The van der Waals surface area contributed by atoms with E-state index in [4.69, 9.17) is 12.2 Å². The fourth-order valence-electron chi connectivity index (χ4n) is 3.63. The molecule has 138 valence electrons. The molecule has 1 aromatic heterocycles. The van der Waals surface area contributed by atoms with E-state index in [-0.39, 0.29) is 5.41 Å². The van der Waals surface area contributed by atoms with Crippen LogP contribution in [0, 0.1) is 10.9 Å². The average molecular weight is 386 g/mol. The Kier molecular flexibility index (Phi) is 4.89. The molecular formula is C22H27NOS2. The topological polar surface area (TPSA) is 25.2 Å². The van der Waals surface area contributed by atoms with Crippen LogP contribution < -0.4 is 0 Å². The largest absolute Gasteiger partial charge is 0.386 e. The van der Waals surface area contributed by atoms with Crippen molar-refractivity contribution in [1.29, 1.82) is 0 Å². The molecule has 2 aromatic carbocycles. The summed E-state index contributed by atoms with van der Waals surface area (Å²) in [5.41, 5.74) is 4.93. The van der Waals surface area contributed by atoms with Crippen LogP contribution in [0.25, 0.3) is 10.2 Å². The molecule has 0 saturated carbocycles. The number of fused-ring (bicyclic) bond motifs is 1. The van der Waals surface area contributed by atoms with Crippen molar-refractivity contribution in [2.45, 2.75) is 59.1 Å². The quantitative estimate of drug-likeness (QED) is 0.534. The molecule has 0 aliphatic rings. The van der Waals surface area contributed by atoms with Crippen molar-refractivity contribution in [2.24, 2.45) is 0 Å². The van der Waals surface area contributed by atoms with Crippen molar-refractivity contribution in [3.63, 3.8) is 0 Å². The first-order valence-electron chi connectivity index (χ1n) is 8.94. The van der Waals surface area contributed by atoms with Crippen molar-refractivity contribution in [3.8, 4) is 0 Å². The minimum Gasteiger partial charge on any atom is -0.386 e. The maximum absolute atomic E-state index is 10.7. The van der Waals surface area contributed by atoms with E-state index >= 15 is 0 Å². The SMILES string of the molecule is Cc1c(C(C)(C)C)cc(Cn2c(=S)sc3ccccc32)cc1C(C)(C)O. The number of hydrogen-bond donors (Lipinski definition) is 1. The summed E-state index contributed by atoms with van der Waals surface area (Å²) in [6, 6.07) is 12.8. The minimum atomic E-state index is -0.877. The van der Waals surface area contributed by atoms with Crippen LogP contribution in [0.1, 0.15) is 56.9 Å². The average Bonchev–Trinajstić information content (AvgIpc) is 2.82. The van der Waals surface area contributed by atoms with Gasteiger partial charge in [0.25, 0.3) is 0 Å². The lowest BCUT2D eigenvalue weighted by atomic mass is 9.79. The lowest BCUT2D eigenvalue weighted by Gasteiger charge is -2.29. The zero-order chi connectivity index (χ0) is 19.3.